The molecule has 1 saturated heterocycles. The normalized spacial score (nSPS) is 29.0. The van der Waals surface area contributed by atoms with Crippen LogP contribution in [0.4, 0.5) is 0 Å². The van der Waals surface area contributed by atoms with E-state index < -0.39 is 0 Å². The molecule has 0 saturated carbocycles. The van der Waals surface area contributed by atoms with E-state index in [9.17, 15) is 0 Å². The van der Waals surface area contributed by atoms with Gasteiger partial charge in [-0.05, 0) is 20.3 Å². The number of guanidine groups is 1. The molecule has 0 aromatic heterocycles. The van der Waals surface area contributed by atoms with Crippen molar-refractivity contribution in [3.05, 3.63) is 0 Å². The van der Waals surface area contributed by atoms with Crippen LogP contribution in [0.3, 0.4) is 0 Å². The van der Waals surface area contributed by atoms with Crippen molar-refractivity contribution < 1.29 is 4.74 Å². The second kappa shape index (κ2) is 5.04. The summed E-state index contributed by atoms with van der Waals surface area (Å²) < 4.78 is 5.40. The molecular weight excluding hydrogens is 168 g/mol. The SMILES string of the molecule is CCN=C(NN)NC1CCOC1C. The average molecular weight is 186 g/mol. The van der Waals surface area contributed by atoms with Crippen molar-refractivity contribution in [2.24, 2.45) is 10.8 Å². The molecule has 76 valence electrons. The van der Waals surface area contributed by atoms with E-state index in [0.29, 0.717) is 18.5 Å². The highest BCUT2D eigenvalue weighted by molar-refractivity contribution is 5.79. The first-order valence-corrected chi connectivity index (χ1v) is 4.67. The van der Waals surface area contributed by atoms with Crippen molar-refractivity contribution >= 4 is 5.96 Å². The Hall–Kier alpha value is -0.810. The fourth-order valence-electron chi connectivity index (χ4n) is 1.39. The summed E-state index contributed by atoms with van der Waals surface area (Å²) in [5.41, 5.74) is 2.53. The number of nitrogens with two attached hydrogens (primary N) is 1. The number of ether oxygens (including phenoxy) is 1. The van der Waals surface area contributed by atoms with Gasteiger partial charge in [-0.2, -0.15) is 0 Å². The highest BCUT2D eigenvalue weighted by Gasteiger charge is 2.24. The smallest absolute Gasteiger partial charge is 0.206 e. The Kier molecular flexibility index (Phi) is 3.98. The summed E-state index contributed by atoms with van der Waals surface area (Å²) in [7, 11) is 0. The molecule has 2 unspecified atom stereocenters. The van der Waals surface area contributed by atoms with Gasteiger partial charge in [0.2, 0.25) is 5.96 Å². The van der Waals surface area contributed by atoms with Gasteiger partial charge in [0.25, 0.3) is 0 Å². The summed E-state index contributed by atoms with van der Waals surface area (Å²) in [4.78, 5) is 4.15. The van der Waals surface area contributed by atoms with E-state index >= 15 is 0 Å². The van der Waals surface area contributed by atoms with E-state index in [0.717, 1.165) is 13.0 Å². The second-order valence-corrected chi connectivity index (χ2v) is 3.08. The minimum Gasteiger partial charge on any atom is -0.376 e. The topological polar surface area (TPSA) is 71.7 Å². The number of hydrazine groups is 1. The predicted octanol–water partition coefficient (Wildman–Crippen LogP) is -0.407. The zero-order valence-corrected chi connectivity index (χ0v) is 8.21. The van der Waals surface area contributed by atoms with Gasteiger partial charge in [-0.15, -0.1) is 0 Å². The molecule has 0 spiro atoms. The zero-order chi connectivity index (χ0) is 9.68. The van der Waals surface area contributed by atoms with Crippen LogP contribution in [-0.2, 0) is 4.74 Å². The van der Waals surface area contributed by atoms with Crippen LogP contribution in [0.1, 0.15) is 20.3 Å². The van der Waals surface area contributed by atoms with Gasteiger partial charge >= 0.3 is 0 Å². The predicted molar refractivity (Wildman–Crippen MR) is 52.3 cm³/mol. The van der Waals surface area contributed by atoms with E-state index in [1.807, 2.05) is 13.8 Å². The summed E-state index contributed by atoms with van der Waals surface area (Å²) in [5.74, 6) is 5.94. The standard InChI is InChI=1S/C8H18N4O/c1-3-10-8(12-9)11-7-4-5-13-6(7)2/h6-7H,3-5,9H2,1-2H3,(H2,10,11,12). The summed E-state index contributed by atoms with van der Waals surface area (Å²) >= 11 is 0. The molecule has 0 amide bonds. The minimum absolute atomic E-state index is 0.232. The van der Waals surface area contributed by atoms with E-state index in [1.54, 1.807) is 0 Å². The summed E-state index contributed by atoms with van der Waals surface area (Å²) in [6.45, 7) is 5.54. The molecule has 13 heavy (non-hydrogen) atoms. The molecule has 5 nitrogen and oxygen atoms in total. The Morgan fingerprint density at radius 1 is 1.69 bits per heavy atom. The third-order valence-electron chi connectivity index (χ3n) is 2.15. The molecule has 2 atom stereocenters. The fourth-order valence-corrected chi connectivity index (χ4v) is 1.39. The van der Waals surface area contributed by atoms with Crippen LogP contribution < -0.4 is 16.6 Å². The van der Waals surface area contributed by atoms with Crippen LogP contribution in [0.25, 0.3) is 0 Å². The Balaban J connectivity index is 2.41. The van der Waals surface area contributed by atoms with Crippen LogP contribution in [-0.4, -0.2) is 31.3 Å². The number of hydrogen-bond acceptors (Lipinski definition) is 3. The lowest BCUT2D eigenvalue weighted by Gasteiger charge is -2.18. The van der Waals surface area contributed by atoms with Crippen molar-refractivity contribution in [2.45, 2.75) is 32.4 Å². The molecule has 4 N–H and O–H groups in total. The minimum atomic E-state index is 0.232. The van der Waals surface area contributed by atoms with Crippen LogP contribution in [0.2, 0.25) is 0 Å². The molecule has 0 aromatic rings. The lowest BCUT2D eigenvalue weighted by molar-refractivity contribution is 0.116. The van der Waals surface area contributed by atoms with Crippen LogP contribution in [0, 0.1) is 0 Å². The number of aliphatic imine (C=N–C) groups is 1. The van der Waals surface area contributed by atoms with Gasteiger partial charge in [0.1, 0.15) is 0 Å². The Bertz CT molecular complexity index is 183. The summed E-state index contributed by atoms with van der Waals surface area (Å²) in [5, 5.41) is 3.21. The summed E-state index contributed by atoms with van der Waals surface area (Å²) in [6, 6.07) is 0.321. The molecule has 0 aromatic carbocycles. The van der Waals surface area contributed by atoms with Gasteiger partial charge < -0.3 is 10.1 Å². The lowest BCUT2D eigenvalue weighted by Crippen LogP contribution is -2.48. The van der Waals surface area contributed by atoms with Crippen LogP contribution >= 0.6 is 0 Å². The van der Waals surface area contributed by atoms with Crippen molar-refractivity contribution in [1.82, 2.24) is 10.7 Å². The van der Waals surface area contributed by atoms with Gasteiger partial charge in [0, 0.05) is 13.2 Å². The van der Waals surface area contributed by atoms with Crippen molar-refractivity contribution in [3.8, 4) is 0 Å². The molecule has 1 aliphatic rings. The average Bonchev–Trinajstić information content (AvgIpc) is 2.51. The molecule has 0 bridgehead atoms. The number of rotatable bonds is 2. The monoisotopic (exact) mass is 186 g/mol. The maximum atomic E-state index is 5.40. The van der Waals surface area contributed by atoms with E-state index in [-0.39, 0.29) is 6.10 Å². The zero-order valence-electron chi connectivity index (χ0n) is 8.21. The van der Waals surface area contributed by atoms with Gasteiger partial charge in [-0.1, -0.05) is 0 Å². The molecule has 1 aliphatic heterocycles. The molecular formula is C8H18N4O. The van der Waals surface area contributed by atoms with Gasteiger partial charge in [-0.3, -0.25) is 10.4 Å². The molecule has 1 rings (SSSR count). The summed E-state index contributed by atoms with van der Waals surface area (Å²) in [6.07, 6.45) is 1.24. The number of nitrogens with one attached hydrogen (secondary N) is 2. The third kappa shape index (κ3) is 2.86. The number of hydrogen-bond donors (Lipinski definition) is 3. The number of nitrogens with zero attached hydrogens (tertiary/aromatic N) is 1. The second-order valence-electron chi connectivity index (χ2n) is 3.08. The maximum absolute atomic E-state index is 5.40. The quantitative estimate of drug-likeness (QED) is 0.237. The third-order valence-corrected chi connectivity index (χ3v) is 2.15. The fraction of sp³-hybridized carbons (Fsp3) is 0.875. The van der Waals surface area contributed by atoms with Crippen LogP contribution in [0.5, 0.6) is 0 Å². The van der Waals surface area contributed by atoms with Crippen molar-refractivity contribution in [2.75, 3.05) is 13.2 Å². The van der Waals surface area contributed by atoms with Crippen molar-refractivity contribution in [1.29, 1.82) is 0 Å². The lowest BCUT2D eigenvalue weighted by atomic mass is 10.2. The van der Waals surface area contributed by atoms with E-state index in [4.69, 9.17) is 10.6 Å². The largest absolute Gasteiger partial charge is 0.376 e. The Morgan fingerprint density at radius 3 is 2.92 bits per heavy atom. The van der Waals surface area contributed by atoms with Crippen molar-refractivity contribution in [3.63, 3.8) is 0 Å². The Morgan fingerprint density at radius 2 is 2.46 bits per heavy atom. The van der Waals surface area contributed by atoms with Crippen LogP contribution in [0.15, 0.2) is 4.99 Å². The molecule has 5 heteroatoms. The highest BCUT2D eigenvalue weighted by Crippen LogP contribution is 2.11. The molecule has 0 aliphatic carbocycles. The first kappa shape index (κ1) is 10.3. The Labute approximate surface area is 78.7 Å². The van der Waals surface area contributed by atoms with Gasteiger partial charge in [0.05, 0.1) is 12.1 Å². The van der Waals surface area contributed by atoms with E-state index in [1.165, 1.54) is 0 Å². The van der Waals surface area contributed by atoms with Gasteiger partial charge in [0.15, 0.2) is 0 Å². The van der Waals surface area contributed by atoms with Gasteiger partial charge in [-0.25, -0.2) is 5.84 Å². The molecule has 1 fully saturated rings. The maximum Gasteiger partial charge on any atom is 0.206 e. The highest BCUT2D eigenvalue weighted by atomic mass is 16.5. The van der Waals surface area contributed by atoms with E-state index in [2.05, 4.69) is 15.7 Å². The first-order valence-electron chi connectivity index (χ1n) is 4.67. The first-order chi connectivity index (χ1) is 6.27. The molecule has 0 radical (unpaired) electrons. The molecule has 1 heterocycles.